The van der Waals surface area contributed by atoms with Gasteiger partial charge < -0.3 is 15.4 Å². The fourth-order valence-corrected chi connectivity index (χ4v) is 1.45. The van der Waals surface area contributed by atoms with E-state index >= 15 is 0 Å². The minimum Gasteiger partial charge on any atom is -0.508 e. The van der Waals surface area contributed by atoms with Gasteiger partial charge in [0, 0.05) is 25.0 Å². The third-order valence-corrected chi connectivity index (χ3v) is 2.29. The van der Waals surface area contributed by atoms with Crippen molar-refractivity contribution in [1.29, 1.82) is 0 Å². The van der Waals surface area contributed by atoms with Gasteiger partial charge in [0.15, 0.2) is 0 Å². The molecule has 4 heteroatoms. The highest BCUT2D eigenvalue weighted by molar-refractivity contribution is 5.27. The lowest BCUT2D eigenvalue weighted by atomic mass is 10.1. The molecule has 0 spiro atoms. The van der Waals surface area contributed by atoms with Crippen LogP contribution in [0.1, 0.15) is 11.6 Å². The average Bonchev–Trinajstić information content (AvgIpc) is 2.71. The molecule has 15 heavy (non-hydrogen) atoms. The number of phenolic OH excluding ortho intramolecular Hbond substituents is 1. The highest BCUT2D eigenvalue weighted by atomic mass is 16.3. The number of nitrogens with zero attached hydrogens (tertiary/aromatic N) is 2. The summed E-state index contributed by atoms with van der Waals surface area (Å²) in [5.74, 6) is 0.258. The first-order valence-electron chi connectivity index (χ1n) is 4.76. The van der Waals surface area contributed by atoms with Crippen molar-refractivity contribution in [2.75, 3.05) is 0 Å². The van der Waals surface area contributed by atoms with E-state index in [1.165, 1.54) is 0 Å². The number of hydrogen-bond donors (Lipinski definition) is 2. The van der Waals surface area contributed by atoms with Crippen molar-refractivity contribution in [3.8, 4) is 5.75 Å². The summed E-state index contributed by atoms with van der Waals surface area (Å²) >= 11 is 0. The van der Waals surface area contributed by atoms with Crippen LogP contribution in [0.2, 0.25) is 0 Å². The molecule has 4 nitrogen and oxygen atoms in total. The fraction of sp³-hybridized carbons (Fsp3) is 0.182. The van der Waals surface area contributed by atoms with Gasteiger partial charge in [0.05, 0.1) is 6.33 Å². The molecule has 0 amide bonds. The third-order valence-electron chi connectivity index (χ3n) is 2.29. The van der Waals surface area contributed by atoms with E-state index in [-0.39, 0.29) is 11.8 Å². The zero-order chi connectivity index (χ0) is 10.7. The molecule has 0 saturated carbocycles. The van der Waals surface area contributed by atoms with Gasteiger partial charge in [0.1, 0.15) is 5.75 Å². The first-order valence-corrected chi connectivity index (χ1v) is 4.76. The molecule has 0 aliphatic rings. The molecule has 0 radical (unpaired) electrons. The van der Waals surface area contributed by atoms with Crippen LogP contribution in [0, 0.1) is 0 Å². The normalized spacial score (nSPS) is 12.6. The molecule has 1 atom stereocenters. The van der Waals surface area contributed by atoms with Gasteiger partial charge in [-0.05, 0) is 17.7 Å². The summed E-state index contributed by atoms with van der Waals surface area (Å²) in [6.07, 6.45) is 5.34. The van der Waals surface area contributed by atoms with E-state index in [0.29, 0.717) is 6.54 Å². The van der Waals surface area contributed by atoms with E-state index in [1.807, 2.05) is 22.9 Å². The van der Waals surface area contributed by atoms with E-state index in [2.05, 4.69) is 4.98 Å². The molecule has 0 fully saturated rings. The number of aromatic nitrogens is 2. The lowest BCUT2D eigenvalue weighted by Gasteiger charge is -2.12. The van der Waals surface area contributed by atoms with Crippen LogP contribution < -0.4 is 5.73 Å². The SMILES string of the molecule is NC(Cn1ccnc1)c1ccc(O)cc1. The number of rotatable bonds is 3. The molecule has 1 heterocycles. The molecule has 78 valence electrons. The fourth-order valence-electron chi connectivity index (χ4n) is 1.45. The molecule has 0 aliphatic heterocycles. The van der Waals surface area contributed by atoms with Crippen LogP contribution in [0.25, 0.3) is 0 Å². The van der Waals surface area contributed by atoms with Gasteiger partial charge >= 0.3 is 0 Å². The second-order valence-corrected chi connectivity index (χ2v) is 3.46. The Hall–Kier alpha value is -1.81. The van der Waals surface area contributed by atoms with Gasteiger partial charge in [-0.2, -0.15) is 0 Å². The highest BCUT2D eigenvalue weighted by Crippen LogP contribution is 2.16. The Morgan fingerprint density at radius 3 is 2.67 bits per heavy atom. The van der Waals surface area contributed by atoms with Crippen LogP contribution in [0.3, 0.4) is 0 Å². The van der Waals surface area contributed by atoms with Gasteiger partial charge in [-0.25, -0.2) is 4.98 Å². The summed E-state index contributed by atoms with van der Waals surface area (Å²) in [5.41, 5.74) is 7.01. The third kappa shape index (κ3) is 2.35. The number of phenols is 1. The lowest BCUT2D eigenvalue weighted by Crippen LogP contribution is -2.16. The molecular formula is C11H13N3O. The molecular weight excluding hydrogens is 190 g/mol. The molecule has 0 aliphatic carbocycles. The summed E-state index contributed by atoms with van der Waals surface area (Å²) in [6, 6.07) is 6.86. The molecule has 2 aromatic rings. The monoisotopic (exact) mass is 203 g/mol. The van der Waals surface area contributed by atoms with Crippen molar-refractivity contribution < 1.29 is 5.11 Å². The molecule has 1 aromatic heterocycles. The van der Waals surface area contributed by atoms with Crippen molar-refractivity contribution in [1.82, 2.24) is 9.55 Å². The maximum absolute atomic E-state index is 9.14. The number of aromatic hydroxyl groups is 1. The summed E-state index contributed by atoms with van der Waals surface area (Å²) < 4.78 is 1.93. The second-order valence-electron chi connectivity index (χ2n) is 3.46. The van der Waals surface area contributed by atoms with Crippen molar-refractivity contribution in [2.24, 2.45) is 5.73 Å². The first-order chi connectivity index (χ1) is 7.25. The molecule has 1 unspecified atom stereocenters. The minimum absolute atomic E-state index is 0.0835. The standard InChI is InChI=1S/C11H13N3O/c12-11(7-14-6-5-13-8-14)9-1-3-10(15)4-2-9/h1-6,8,11,15H,7,12H2. The Balaban J connectivity index is 2.08. The zero-order valence-electron chi connectivity index (χ0n) is 8.24. The van der Waals surface area contributed by atoms with E-state index in [1.54, 1.807) is 24.7 Å². The quantitative estimate of drug-likeness (QED) is 0.790. The van der Waals surface area contributed by atoms with Crippen LogP contribution in [-0.4, -0.2) is 14.7 Å². The van der Waals surface area contributed by atoms with E-state index in [0.717, 1.165) is 5.56 Å². The minimum atomic E-state index is -0.0835. The predicted octanol–water partition coefficient (Wildman–Crippen LogP) is 1.29. The number of nitrogens with two attached hydrogens (primary N) is 1. The molecule has 0 saturated heterocycles. The maximum Gasteiger partial charge on any atom is 0.115 e. The summed E-state index contributed by atoms with van der Waals surface area (Å²) in [4.78, 5) is 3.95. The number of imidazole rings is 1. The van der Waals surface area contributed by atoms with Crippen LogP contribution in [0.4, 0.5) is 0 Å². The number of hydrogen-bond acceptors (Lipinski definition) is 3. The van der Waals surface area contributed by atoms with Gasteiger partial charge in [0.2, 0.25) is 0 Å². The second kappa shape index (κ2) is 4.14. The molecule has 0 bridgehead atoms. The van der Waals surface area contributed by atoms with Crippen molar-refractivity contribution in [3.05, 3.63) is 48.5 Å². The molecule has 1 aromatic carbocycles. The Kier molecular flexibility index (Phi) is 2.69. The van der Waals surface area contributed by atoms with Gasteiger partial charge in [-0.3, -0.25) is 0 Å². The van der Waals surface area contributed by atoms with E-state index in [4.69, 9.17) is 10.8 Å². The molecule has 3 N–H and O–H groups in total. The van der Waals surface area contributed by atoms with Crippen LogP contribution >= 0.6 is 0 Å². The Labute approximate surface area is 88.0 Å². The zero-order valence-corrected chi connectivity index (χ0v) is 8.24. The topological polar surface area (TPSA) is 64.1 Å². The Bertz CT molecular complexity index is 408. The van der Waals surface area contributed by atoms with Crippen molar-refractivity contribution in [2.45, 2.75) is 12.6 Å². The van der Waals surface area contributed by atoms with E-state index < -0.39 is 0 Å². The van der Waals surface area contributed by atoms with Gasteiger partial charge in [0.25, 0.3) is 0 Å². The summed E-state index contributed by atoms with van der Waals surface area (Å²) in [7, 11) is 0. The highest BCUT2D eigenvalue weighted by Gasteiger charge is 2.05. The Morgan fingerprint density at radius 2 is 2.07 bits per heavy atom. The van der Waals surface area contributed by atoms with Crippen molar-refractivity contribution in [3.63, 3.8) is 0 Å². The van der Waals surface area contributed by atoms with E-state index in [9.17, 15) is 0 Å². The van der Waals surface area contributed by atoms with Gasteiger partial charge in [-0.1, -0.05) is 12.1 Å². The molecule has 2 rings (SSSR count). The van der Waals surface area contributed by atoms with Crippen LogP contribution in [0.5, 0.6) is 5.75 Å². The van der Waals surface area contributed by atoms with Gasteiger partial charge in [-0.15, -0.1) is 0 Å². The van der Waals surface area contributed by atoms with Crippen molar-refractivity contribution >= 4 is 0 Å². The number of benzene rings is 1. The summed E-state index contributed by atoms with van der Waals surface area (Å²) in [5, 5.41) is 9.14. The maximum atomic E-state index is 9.14. The largest absolute Gasteiger partial charge is 0.508 e. The summed E-state index contributed by atoms with van der Waals surface area (Å²) in [6.45, 7) is 0.685. The average molecular weight is 203 g/mol. The predicted molar refractivity (Wildman–Crippen MR) is 57.3 cm³/mol. The Morgan fingerprint density at radius 1 is 1.33 bits per heavy atom. The van der Waals surface area contributed by atoms with Crippen LogP contribution in [-0.2, 0) is 6.54 Å². The lowest BCUT2D eigenvalue weighted by molar-refractivity contribution is 0.474. The van der Waals surface area contributed by atoms with Crippen LogP contribution in [0.15, 0.2) is 43.0 Å². The smallest absolute Gasteiger partial charge is 0.115 e. The first kappa shape index (κ1) is 9.73.